The lowest BCUT2D eigenvalue weighted by molar-refractivity contribution is 0.0845. The number of ether oxygens (including phenoxy) is 3. The molecule has 2 aromatic rings. The molecule has 5 rings (SSSR count). The molecule has 4 heterocycles. The molecule has 2 unspecified atom stereocenters. The van der Waals surface area contributed by atoms with Gasteiger partial charge in [0.1, 0.15) is 13.2 Å². The summed E-state index contributed by atoms with van der Waals surface area (Å²) in [7, 11) is 0. The summed E-state index contributed by atoms with van der Waals surface area (Å²) in [5.41, 5.74) is 2.33. The highest BCUT2D eigenvalue weighted by Gasteiger charge is 2.28. The first-order valence-electron chi connectivity index (χ1n) is 11.0. The fourth-order valence-corrected chi connectivity index (χ4v) is 4.52. The maximum Gasteiger partial charge on any atom is 0.225 e. The van der Waals surface area contributed by atoms with Crippen LogP contribution in [0.1, 0.15) is 36.4 Å². The van der Waals surface area contributed by atoms with Gasteiger partial charge in [-0.2, -0.15) is 0 Å². The molecule has 7 heteroatoms. The van der Waals surface area contributed by atoms with Crippen molar-refractivity contribution in [2.45, 2.75) is 44.2 Å². The second kappa shape index (κ2) is 8.78. The summed E-state index contributed by atoms with van der Waals surface area (Å²) in [6, 6.07) is 8.69. The number of aryl methyl sites for hydroxylation is 1. The number of rotatable bonds is 4. The monoisotopic (exact) mass is 410 g/mol. The molecule has 0 aliphatic carbocycles. The van der Waals surface area contributed by atoms with Crippen molar-refractivity contribution in [1.82, 2.24) is 15.3 Å². The second-order valence-corrected chi connectivity index (χ2v) is 8.54. The number of aromatic nitrogens is 2. The van der Waals surface area contributed by atoms with Crippen LogP contribution in [0.4, 0.5) is 5.95 Å². The molecule has 160 valence electrons. The van der Waals surface area contributed by atoms with E-state index in [1.54, 1.807) is 0 Å². The van der Waals surface area contributed by atoms with E-state index in [4.69, 9.17) is 19.2 Å². The molecule has 1 N–H and O–H groups in total. The van der Waals surface area contributed by atoms with Crippen molar-refractivity contribution < 1.29 is 14.2 Å². The number of nitrogens with zero attached hydrogens (tertiary/aromatic N) is 3. The van der Waals surface area contributed by atoms with Crippen molar-refractivity contribution in [2.75, 3.05) is 44.4 Å². The van der Waals surface area contributed by atoms with Crippen molar-refractivity contribution in [3.05, 3.63) is 41.7 Å². The Morgan fingerprint density at radius 1 is 1.00 bits per heavy atom. The van der Waals surface area contributed by atoms with Gasteiger partial charge in [0.05, 0.1) is 6.04 Å². The van der Waals surface area contributed by atoms with Crippen molar-refractivity contribution in [1.29, 1.82) is 0 Å². The van der Waals surface area contributed by atoms with Gasteiger partial charge in [-0.15, -0.1) is 0 Å². The standard InChI is InChI=1S/C23H30N4O3/c1-16-2-3-21-22(12-16)30-15-19(14-29-21)25-18-5-9-27(13-18)23-24-8-4-20(26-23)17-6-10-28-11-7-17/h2-4,8,12,17-19,25H,5-7,9-11,13-15H2,1H3. The quantitative estimate of drug-likeness (QED) is 0.831. The van der Waals surface area contributed by atoms with E-state index in [1.165, 1.54) is 5.56 Å². The second-order valence-electron chi connectivity index (χ2n) is 8.54. The van der Waals surface area contributed by atoms with Crippen LogP contribution in [0.15, 0.2) is 30.5 Å². The smallest absolute Gasteiger partial charge is 0.225 e. The summed E-state index contributed by atoms with van der Waals surface area (Å²) >= 11 is 0. The fourth-order valence-electron chi connectivity index (χ4n) is 4.52. The van der Waals surface area contributed by atoms with Gasteiger partial charge < -0.3 is 24.4 Å². The van der Waals surface area contributed by atoms with E-state index in [0.717, 1.165) is 68.7 Å². The number of nitrogens with one attached hydrogen (secondary N) is 1. The average molecular weight is 411 g/mol. The third-order valence-electron chi connectivity index (χ3n) is 6.23. The van der Waals surface area contributed by atoms with Gasteiger partial charge in [-0.1, -0.05) is 6.07 Å². The first-order valence-corrected chi connectivity index (χ1v) is 11.0. The van der Waals surface area contributed by atoms with Gasteiger partial charge in [0.15, 0.2) is 11.5 Å². The Bertz CT molecular complexity index is 871. The van der Waals surface area contributed by atoms with E-state index in [9.17, 15) is 0 Å². The molecule has 3 aliphatic rings. The van der Waals surface area contributed by atoms with Gasteiger partial charge in [-0.25, -0.2) is 9.97 Å². The highest BCUT2D eigenvalue weighted by atomic mass is 16.5. The molecule has 1 aromatic carbocycles. The Kier molecular flexibility index (Phi) is 5.73. The zero-order valence-corrected chi connectivity index (χ0v) is 17.5. The van der Waals surface area contributed by atoms with Gasteiger partial charge in [-0.3, -0.25) is 0 Å². The molecule has 2 saturated heterocycles. The van der Waals surface area contributed by atoms with E-state index in [2.05, 4.69) is 34.3 Å². The third kappa shape index (κ3) is 4.37. The number of hydrogen-bond acceptors (Lipinski definition) is 7. The topological polar surface area (TPSA) is 68.7 Å². The lowest BCUT2D eigenvalue weighted by atomic mass is 9.96. The Balaban J connectivity index is 1.18. The van der Waals surface area contributed by atoms with Crippen molar-refractivity contribution >= 4 is 5.95 Å². The van der Waals surface area contributed by atoms with Crippen LogP contribution in [0.25, 0.3) is 0 Å². The first kappa shape index (κ1) is 19.6. The van der Waals surface area contributed by atoms with Gasteiger partial charge in [0.2, 0.25) is 5.95 Å². The maximum absolute atomic E-state index is 6.01. The number of benzene rings is 1. The summed E-state index contributed by atoms with van der Waals surface area (Å²) in [6.07, 6.45) is 5.06. The van der Waals surface area contributed by atoms with Crippen LogP contribution in [0, 0.1) is 6.92 Å². The molecule has 0 saturated carbocycles. The zero-order chi connectivity index (χ0) is 20.3. The minimum absolute atomic E-state index is 0.164. The van der Waals surface area contributed by atoms with Gasteiger partial charge >= 0.3 is 0 Å². The number of hydrogen-bond donors (Lipinski definition) is 1. The molecule has 1 aromatic heterocycles. The predicted molar refractivity (Wildman–Crippen MR) is 115 cm³/mol. The van der Waals surface area contributed by atoms with Crippen LogP contribution in [0.5, 0.6) is 11.5 Å². The Morgan fingerprint density at radius 3 is 2.70 bits per heavy atom. The molecule has 0 radical (unpaired) electrons. The maximum atomic E-state index is 6.01. The normalized spacial score (nSPS) is 24.6. The highest BCUT2D eigenvalue weighted by molar-refractivity contribution is 5.43. The summed E-state index contributed by atoms with van der Waals surface area (Å²) < 4.78 is 17.5. The van der Waals surface area contributed by atoms with Crippen LogP contribution >= 0.6 is 0 Å². The van der Waals surface area contributed by atoms with Gasteiger partial charge in [0.25, 0.3) is 0 Å². The van der Waals surface area contributed by atoms with E-state index in [1.807, 2.05) is 18.3 Å². The minimum atomic E-state index is 0.164. The number of fused-ring (bicyclic) bond motifs is 1. The molecule has 30 heavy (non-hydrogen) atoms. The third-order valence-corrected chi connectivity index (χ3v) is 6.23. The van der Waals surface area contributed by atoms with Crippen LogP contribution in [0.3, 0.4) is 0 Å². The van der Waals surface area contributed by atoms with Gasteiger partial charge in [0, 0.05) is 50.2 Å². The summed E-state index contributed by atoms with van der Waals surface area (Å²) in [5, 5.41) is 3.72. The van der Waals surface area contributed by atoms with E-state index in [-0.39, 0.29) is 6.04 Å². The molecular formula is C23H30N4O3. The highest BCUT2D eigenvalue weighted by Crippen LogP contribution is 2.30. The van der Waals surface area contributed by atoms with E-state index >= 15 is 0 Å². The molecule has 2 atom stereocenters. The zero-order valence-electron chi connectivity index (χ0n) is 17.5. The molecule has 7 nitrogen and oxygen atoms in total. The predicted octanol–water partition coefficient (Wildman–Crippen LogP) is 2.69. The Hall–Kier alpha value is -2.38. The molecule has 3 aliphatic heterocycles. The molecular weight excluding hydrogens is 380 g/mol. The van der Waals surface area contributed by atoms with E-state index in [0.29, 0.717) is 25.2 Å². The average Bonchev–Trinajstić information content (AvgIpc) is 3.16. The summed E-state index contributed by atoms with van der Waals surface area (Å²) in [6.45, 7) is 6.81. The largest absolute Gasteiger partial charge is 0.488 e. The van der Waals surface area contributed by atoms with Crippen LogP contribution < -0.4 is 19.7 Å². The lowest BCUT2D eigenvalue weighted by Gasteiger charge is -2.24. The Morgan fingerprint density at radius 2 is 1.83 bits per heavy atom. The van der Waals surface area contributed by atoms with Gasteiger partial charge in [-0.05, 0) is 49.9 Å². The Labute approximate surface area is 177 Å². The van der Waals surface area contributed by atoms with Crippen LogP contribution in [-0.4, -0.2) is 61.6 Å². The van der Waals surface area contributed by atoms with Crippen LogP contribution in [0.2, 0.25) is 0 Å². The van der Waals surface area contributed by atoms with Crippen molar-refractivity contribution in [2.24, 2.45) is 0 Å². The summed E-state index contributed by atoms with van der Waals surface area (Å²) in [4.78, 5) is 11.7. The molecule has 0 bridgehead atoms. The van der Waals surface area contributed by atoms with Crippen LogP contribution in [-0.2, 0) is 4.74 Å². The van der Waals surface area contributed by atoms with Crippen molar-refractivity contribution in [3.8, 4) is 11.5 Å². The summed E-state index contributed by atoms with van der Waals surface area (Å²) in [5.74, 6) is 3.00. The number of anilines is 1. The fraction of sp³-hybridized carbons (Fsp3) is 0.565. The van der Waals surface area contributed by atoms with E-state index < -0.39 is 0 Å². The molecule has 0 spiro atoms. The SMILES string of the molecule is Cc1ccc2c(c1)OCC(NC1CCN(c3nccc(C4CCOCC4)n3)C1)CO2. The lowest BCUT2D eigenvalue weighted by Crippen LogP contribution is -2.45. The molecule has 0 amide bonds. The first-order chi connectivity index (χ1) is 14.7. The minimum Gasteiger partial charge on any atom is -0.488 e. The molecule has 2 fully saturated rings. The van der Waals surface area contributed by atoms with Crippen molar-refractivity contribution in [3.63, 3.8) is 0 Å².